The van der Waals surface area contributed by atoms with Crippen LogP contribution in [0.1, 0.15) is 18.1 Å². The second-order valence-corrected chi connectivity index (χ2v) is 9.45. The van der Waals surface area contributed by atoms with Crippen LogP contribution in [0.5, 0.6) is 0 Å². The van der Waals surface area contributed by atoms with Crippen LogP contribution in [0.2, 0.25) is 5.02 Å². The van der Waals surface area contributed by atoms with E-state index >= 15 is 0 Å². The Bertz CT molecular complexity index is 884. The van der Waals surface area contributed by atoms with Crippen molar-refractivity contribution in [3.63, 3.8) is 0 Å². The zero-order chi connectivity index (χ0) is 19.3. The summed E-state index contributed by atoms with van der Waals surface area (Å²) in [5.41, 5.74) is 2.75. The van der Waals surface area contributed by atoms with E-state index in [1.807, 2.05) is 26.0 Å². The van der Waals surface area contributed by atoms with Crippen LogP contribution in [-0.4, -0.2) is 36.4 Å². The van der Waals surface area contributed by atoms with Crippen LogP contribution in [-0.2, 0) is 10.0 Å². The number of rotatable bonds is 7. The zero-order valence-electron chi connectivity index (χ0n) is 15.2. The molecule has 26 heavy (non-hydrogen) atoms. The van der Waals surface area contributed by atoms with Crippen molar-refractivity contribution in [2.24, 2.45) is 4.99 Å². The molecule has 0 atom stereocenters. The minimum atomic E-state index is -3.58. The van der Waals surface area contributed by atoms with E-state index in [4.69, 9.17) is 11.6 Å². The quantitative estimate of drug-likeness (QED) is 0.372. The van der Waals surface area contributed by atoms with Gasteiger partial charge in [0.15, 0.2) is 0 Å². The Morgan fingerprint density at radius 1 is 1.15 bits per heavy atom. The minimum absolute atomic E-state index is 0.274. The van der Waals surface area contributed by atoms with E-state index in [-0.39, 0.29) is 4.90 Å². The molecule has 2 rings (SSSR count). The Morgan fingerprint density at radius 3 is 2.38 bits per heavy atom. The highest BCUT2D eigenvalue weighted by atomic mass is 35.5. The SMILES string of the molecule is CCN(SN(C)/C=N/c1ccc(Cl)cc1C)S(=O)(=O)c1ccc(C)cc1. The van der Waals surface area contributed by atoms with Crippen LogP contribution in [0.15, 0.2) is 52.4 Å². The Kier molecular flexibility index (Phi) is 7.11. The van der Waals surface area contributed by atoms with Gasteiger partial charge in [0.25, 0.3) is 10.0 Å². The van der Waals surface area contributed by atoms with E-state index in [2.05, 4.69) is 4.99 Å². The Morgan fingerprint density at radius 2 is 1.81 bits per heavy atom. The largest absolute Gasteiger partial charge is 0.296 e. The van der Waals surface area contributed by atoms with Gasteiger partial charge in [-0.05, 0) is 49.7 Å². The molecule has 0 radical (unpaired) electrons. The van der Waals surface area contributed by atoms with E-state index in [9.17, 15) is 8.42 Å². The third-order valence-corrected chi connectivity index (χ3v) is 7.06. The summed E-state index contributed by atoms with van der Waals surface area (Å²) in [6, 6.07) is 12.3. The first-order valence-electron chi connectivity index (χ1n) is 8.04. The molecule has 0 saturated carbocycles. The lowest BCUT2D eigenvalue weighted by Crippen LogP contribution is -2.28. The molecule has 0 N–H and O–H groups in total. The van der Waals surface area contributed by atoms with Gasteiger partial charge in [0.05, 0.1) is 22.7 Å². The summed E-state index contributed by atoms with van der Waals surface area (Å²) in [5, 5.41) is 0.658. The minimum Gasteiger partial charge on any atom is -0.296 e. The topological polar surface area (TPSA) is 53.0 Å². The molecule has 0 spiro atoms. The Balaban J connectivity index is 2.13. The van der Waals surface area contributed by atoms with Crippen molar-refractivity contribution in [2.45, 2.75) is 25.7 Å². The number of aryl methyl sites for hydroxylation is 2. The van der Waals surface area contributed by atoms with Gasteiger partial charge in [-0.2, -0.15) is 0 Å². The van der Waals surface area contributed by atoms with Crippen molar-refractivity contribution in [1.29, 1.82) is 0 Å². The summed E-state index contributed by atoms with van der Waals surface area (Å²) < 4.78 is 28.6. The molecule has 0 aliphatic rings. The van der Waals surface area contributed by atoms with Crippen molar-refractivity contribution in [1.82, 2.24) is 8.02 Å². The Hall–Kier alpha value is -1.54. The van der Waals surface area contributed by atoms with Crippen molar-refractivity contribution in [2.75, 3.05) is 13.6 Å². The van der Waals surface area contributed by atoms with Gasteiger partial charge in [0.1, 0.15) is 6.34 Å². The molecule has 0 aliphatic carbocycles. The van der Waals surface area contributed by atoms with Crippen LogP contribution in [0, 0.1) is 13.8 Å². The first-order chi connectivity index (χ1) is 12.2. The molecule has 5 nitrogen and oxygen atoms in total. The summed E-state index contributed by atoms with van der Waals surface area (Å²) in [6.45, 7) is 5.98. The van der Waals surface area contributed by atoms with Crippen LogP contribution < -0.4 is 0 Å². The fraction of sp³-hybridized carbons (Fsp3) is 0.278. The second-order valence-electron chi connectivity index (χ2n) is 5.74. The lowest BCUT2D eigenvalue weighted by Gasteiger charge is -2.23. The van der Waals surface area contributed by atoms with Crippen LogP contribution in [0.4, 0.5) is 5.69 Å². The molecule has 0 aromatic heterocycles. The van der Waals surface area contributed by atoms with Gasteiger partial charge >= 0.3 is 0 Å². The van der Waals surface area contributed by atoms with Gasteiger partial charge in [0.2, 0.25) is 0 Å². The first kappa shape index (κ1) is 20.8. The van der Waals surface area contributed by atoms with E-state index in [1.165, 1.54) is 3.71 Å². The molecule has 0 saturated heterocycles. The molecule has 2 aromatic carbocycles. The van der Waals surface area contributed by atoms with Gasteiger partial charge in [-0.1, -0.05) is 36.2 Å². The highest BCUT2D eigenvalue weighted by molar-refractivity contribution is 8.07. The standard InChI is InChI=1S/C18H22ClN3O2S2/c1-5-22(26(23,24)17-9-6-14(2)7-10-17)25-21(4)13-20-18-11-8-16(19)12-15(18)3/h6-13H,5H2,1-4H3/b20-13+. The molecule has 140 valence electrons. The highest BCUT2D eigenvalue weighted by Crippen LogP contribution is 2.26. The molecule has 0 bridgehead atoms. The van der Waals surface area contributed by atoms with Gasteiger partial charge in [-0.3, -0.25) is 4.31 Å². The van der Waals surface area contributed by atoms with Gasteiger partial charge in [-0.25, -0.2) is 13.4 Å². The smallest absolute Gasteiger partial charge is 0.253 e. The number of halogens is 1. The fourth-order valence-corrected chi connectivity index (χ4v) is 4.87. The number of nitrogens with zero attached hydrogens (tertiary/aromatic N) is 3. The maximum Gasteiger partial charge on any atom is 0.253 e. The fourth-order valence-electron chi connectivity index (χ4n) is 2.17. The number of sulfonamides is 1. The third kappa shape index (κ3) is 5.23. The van der Waals surface area contributed by atoms with Crippen molar-refractivity contribution < 1.29 is 8.42 Å². The summed E-state index contributed by atoms with van der Waals surface area (Å²) in [5.74, 6) is 0. The van der Waals surface area contributed by atoms with Crippen molar-refractivity contribution in [3.8, 4) is 0 Å². The number of benzene rings is 2. The third-order valence-electron chi connectivity index (χ3n) is 3.58. The summed E-state index contributed by atoms with van der Waals surface area (Å²) in [6.07, 6.45) is 1.59. The van der Waals surface area contributed by atoms with E-state index in [1.54, 1.807) is 54.9 Å². The van der Waals surface area contributed by atoms with Crippen LogP contribution >= 0.6 is 23.7 Å². The van der Waals surface area contributed by atoms with Gasteiger partial charge in [-0.15, -0.1) is 3.71 Å². The first-order valence-corrected chi connectivity index (χ1v) is 10.6. The second kappa shape index (κ2) is 8.90. The molecule has 0 amide bonds. The molecular weight excluding hydrogens is 390 g/mol. The predicted molar refractivity (Wildman–Crippen MR) is 110 cm³/mol. The summed E-state index contributed by atoms with van der Waals surface area (Å²) >= 11 is 7.03. The van der Waals surface area contributed by atoms with Crippen molar-refractivity contribution in [3.05, 3.63) is 58.6 Å². The molecule has 0 fully saturated rings. The molecular formula is C18H22ClN3O2S2. The number of hydrogen-bond donors (Lipinski definition) is 0. The van der Waals surface area contributed by atoms with E-state index in [0.29, 0.717) is 11.6 Å². The average Bonchev–Trinajstić information content (AvgIpc) is 2.59. The maximum absolute atomic E-state index is 12.8. The average molecular weight is 412 g/mol. The molecule has 0 aliphatic heterocycles. The van der Waals surface area contributed by atoms with E-state index in [0.717, 1.165) is 28.9 Å². The molecule has 8 heteroatoms. The van der Waals surface area contributed by atoms with E-state index < -0.39 is 10.0 Å². The normalized spacial score (nSPS) is 12.1. The highest BCUT2D eigenvalue weighted by Gasteiger charge is 2.25. The lowest BCUT2D eigenvalue weighted by molar-refractivity contribution is 0.545. The molecule has 2 aromatic rings. The zero-order valence-corrected chi connectivity index (χ0v) is 17.6. The summed E-state index contributed by atoms with van der Waals surface area (Å²) in [7, 11) is -1.83. The number of hydrogen-bond acceptors (Lipinski definition) is 4. The maximum atomic E-state index is 12.8. The van der Waals surface area contributed by atoms with Gasteiger partial charge in [0, 0.05) is 18.6 Å². The lowest BCUT2D eigenvalue weighted by atomic mass is 10.2. The van der Waals surface area contributed by atoms with Crippen molar-refractivity contribution >= 4 is 45.8 Å². The van der Waals surface area contributed by atoms with Crippen LogP contribution in [0.3, 0.4) is 0 Å². The summed E-state index contributed by atoms with van der Waals surface area (Å²) in [4.78, 5) is 4.67. The monoisotopic (exact) mass is 411 g/mol. The Labute approximate surface area is 165 Å². The number of aliphatic imine (C=N–C) groups is 1. The molecule has 0 heterocycles. The van der Waals surface area contributed by atoms with Crippen LogP contribution in [0.25, 0.3) is 0 Å². The van der Waals surface area contributed by atoms with Gasteiger partial charge < -0.3 is 0 Å². The molecule has 0 unspecified atom stereocenters. The predicted octanol–water partition coefficient (Wildman–Crippen LogP) is 4.82.